The summed E-state index contributed by atoms with van der Waals surface area (Å²) in [6, 6.07) is 7.44. The Kier molecular flexibility index (Phi) is 6.03. The first-order chi connectivity index (χ1) is 12.6. The summed E-state index contributed by atoms with van der Waals surface area (Å²) < 4.78 is 5.41. The van der Waals surface area contributed by atoms with Gasteiger partial charge in [0.2, 0.25) is 5.91 Å². The van der Waals surface area contributed by atoms with Gasteiger partial charge in [-0.15, -0.1) is 11.8 Å². The SMILES string of the molecule is O=C(COc1ccccc1)NC1CCSC2CCCC(C(=O)O)N2C1=O. The highest BCUT2D eigenvalue weighted by Crippen LogP contribution is 2.34. The van der Waals surface area contributed by atoms with Gasteiger partial charge in [-0.3, -0.25) is 9.59 Å². The lowest BCUT2D eigenvalue weighted by atomic mass is 10.0. The molecule has 0 bridgehead atoms. The van der Waals surface area contributed by atoms with Crippen LogP contribution in [0, 0.1) is 0 Å². The van der Waals surface area contributed by atoms with E-state index in [9.17, 15) is 19.5 Å². The number of hydrogen-bond donors (Lipinski definition) is 2. The van der Waals surface area contributed by atoms with Crippen LogP contribution in [0.2, 0.25) is 0 Å². The van der Waals surface area contributed by atoms with Crippen molar-refractivity contribution in [1.29, 1.82) is 0 Å². The van der Waals surface area contributed by atoms with Crippen molar-refractivity contribution in [3.8, 4) is 5.75 Å². The highest BCUT2D eigenvalue weighted by Gasteiger charge is 2.43. The zero-order valence-corrected chi connectivity index (χ0v) is 15.1. The molecule has 0 aromatic heterocycles. The molecule has 2 aliphatic rings. The van der Waals surface area contributed by atoms with E-state index in [1.54, 1.807) is 23.9 Å². The normalized spacial score (nSPS) is 25.8. The first kappa shape index (κ1) is 18.6. The fraction of sp³-hybridized carbons (Fsp3) is 0.500. The van der Waals surface area contributed by atoms with Crippen molar-refractivity contribution in [2.45, 2.75) is 43.1 Å². The summed E-state index contributed by atoms with van der Waals surface area (Å²) in [7, 11) is 0. The van der Waals surface area contributed by atoms with Crippen LogP contribution in [-0.4, -0.2) is 57.6 Å². The molecule has 2 saturated heterocycles. The molecule has 3 rings (SSSR count). The molecule has 3 atom stereocenters. The number of ether oxygens (including phenoxy) is 1. The predicted octanol–water partition coefficient (Wildman–Crippen LogP) is 1.48. The molecule has 3 unspecified atom stereocenters. The molecule has 0 aliphatic carbocycles. The Labute approximate surface area is 156 Å². The van der Waals surface area contributed by atoms with E-state index in [-0.39, 0.29) is 23.8 Å². The Morgan fingerprint density at radius 2 is 2.00 bits per heavy atom. The average molecular weight is 378 g/mol. The molecule has 26 heavy (non-hydrogen) atoms. The summed E-state index contributed by atoms with van der Waals surface area (Å²) in [6.45, 7) is -0.188. The Morgan fingerprint density at radius 3 is 2.73 bits per heavy atom. The van der Waals surface area contributed by atoms with E-state index < -0.39 is 18.1 Å². The highest BCUT2D eigenvalue weighted by atomic mass is 32.2. The lowest BCUT2D eigenvalue weighted by Gasteiger charge is -2.39. The van der Waals surface area contributed by atoms with Crippen LogP contribution in [0.15, 0.2) is 30.3 Å². The number of piperidine rings is 1. The van der Waals surface area contributed by atoms with Crippen molar-refractivity contribution < 1.29 is 24.2 Å². The van der Waals surface area contributed by atoms with Crippen LogP contribution >= 0.6 is 11.8 Å². The van der Waals surface area contributed by atoms with Crippen molar-refractivity contribution in [3.05, 3.63) is 30.3 Å². The quantitative estimate of drug-likeness (QED) is 0.806. The summed E-state index contributed by atoms with van der Waals surface area (Å²) in [5.74, 6) is -0.404. The molecule has 2 amide bonds. The number of rotatable bonds is 5. The summed E-state index contributed by atoms with van der Waals surface area (Å²) in [5, 5.41) is 12.0. The number of hydrogen-bond acceptors (Lipinski definition) is 5. The number of para-hydroxylation sites is 1. The minimum Gasteiger partial charge on any atom is -0.484 e. The molecule has 1 aromatic rings. The van der Waals surface area contributed by atoms with Gasteiger partial charge in [-0.2, -0.15) is 0 Å². The molecule has 0 saturated carbocycles. The van der Waals surface area contributed by atoms with Crippen LogP contribution in [0.3, 0.4) is 0 Å². The van der Waals surface area contributed by atoms with Crippen molar-refractivity contribution in [2.24, 2.45) is 0 Å². The minimum atomic E-state index is -0.983. The van der Waals surface area contributed by atoms with E-state index in [0.717, 1.165) is 12.8 Å². The first-order valence-corrected chi connectivity index (χ1v) is 9.75. The maximum absolute atomic E-state index is 12.9. The van der Waals surface area contributed by atoms with Crippen LogP contribution in [-0.2, 0) is 14.4 Å². The second-order valence-electron chi connectivity index (χ2n) is 6.37. The Bertz CT molecular complexity index is 669. The van der Waals surface area contributed by atoms with Gasteiger partial charge in [0, 0.05) is 0 Å². The van der Waals surface area contributed by atoms with Crippen molar-refractivity contribution in [3.63, 3.8) is 0 Å². The molecule has 0 spiro atoms. The minimum absolute atomic E-state index is 0.125. The number of benzene rings is 1. The Hall–Kier alpha value is -2.22. The van der Waals surface area contributed by atoms with Crippen molar-refractivity contribution in [1.82, 2.24) is 10.2 Å². The van der Waals surface area contributed by atoms with Gasteiger partial charge in [0.1, 0.15) is 17.8 Å². The summed E-state index contributed by atoms with van der Waals surface area (Å²) in [5.41, 5.74) is 0. The van der Waals surface area contributed by atoms with E-state index in [1.165, 1.54) is 4.90 Å². The van der Waals surface area contributed by atoms with E-state index >= 15 is 0 Å². The molecule has 1 aromatic carbocycles. The molecular formula is C18H22N2O5S. The molecule has 7 nitrogen and oxygen atoms in total. The van der Waals surface area contributed by atoms with Crippen LogP contribution in [0.4, 0.5) is 0 Å². The third kappa shape index (κ3) is 4.30. The molecule has 2 heterocycles. The topological polar surface area (TPSA) is 95.9 Å². The number of nitrogens with zero attached hydrogens (tertiary/aromatic N) is 1. The van der Waals surface area contributed by atoms with Crippen LogP contribution in [0.25, 0.3) is 0 Å². The van der Waals surface area contributed by atoms with E-state index in [0.29, 0.717) is 24.3 Å². The van der Waals surface area contributed by atoms with Crippen LogP contribution in [0.5, 0.6) is 5.75 Å². The monoisotopic (exact) mass is 378 g/mol. The predicted molar refractivity (Wildman–Crippen MR) is 96.9 cm³/mol. The molecule has 0 radical (unpaired) electrons. The lowest BCUT2D eigenvalue weighted by molar-refractivity contribution is -0.154. The van der Waals surface area contributed by atoms with Gasteiger partial charge in [-0.25, -0.2) is 4.79 Å². The second-order valence-corrected chi connectivity index (χ2v) is 7.65. The number of aliphatic carboxylic acids is 1. The van der Waals surface area contributed by atoms with Crippen molar-refractivity contribution in [2.75, 3.05) is 12.4 Å². The van der Waals surface area contributed by atoms with Crippen LogP contribution < -0.4 is 10.1 Å². The van der Waals surface area contributed by atoms with E-state index in [1.807, 2.05) is 18.2 Å². The second kappa shape index (κ2) is 8.44. The number of fused-ring (bicyclic) bond motifs is 1. The number of carbonyl (C=O) groups is 3. The highest BCUT2D eigenvalue weighted by molar-refractivity contribution is 7.99. The standard InChI is InChI=1S/C18H22N2O5S/c21-15(11-25-12-5-2-1-3-6-12)19-13-9-10-26-16-8-4-7-14(18(23)24)20(16)17(13)22/h1-3,5-6,13-14,16H,4,7-11H2,(H,19,21)(H,23,24). The van der Waals surface area contributed by atoms with Gasteiger partial charge >= 0.3 is 5.97 Å². The van der Waals surface area contributed by atoms with Gasteiger partial charge in [-0.1, -0.05) is 18.2 Å². The van der Waals surface area contributed by atoms with Gasteiger partial charge in [0.25, 0.3) is 5.91 Å². The number of thioether (sulfide) groups is 1. The number of nitrogens with one attached hydrogen (secondary N) is 1. The fourth-order valence-electron chi connectivity index (χ4n) is 3.33. The van der Waals surface area contributed by atoms with Gasteiger partial charge in [0.05, 0.1) is 5.37 Å². The Balaban J connectivity index is 1.62. The first-order valence-electron chi connectivity index (χ1n) is 8.70. The summed E-state index contributed by atoms with van der Waals surface area (Å²) in [6.07, 6.45) is 2.52. The Morgan fingerprint density at radius 1 is 1.23 bits per heavy atom. The zero-order valence-electron chi connectivity index (χ0n) is 14.3. The summed E-state index contributed by atoms with van der Waals surface area (Å²) in [4.78, 5) is 38.1. The maximum Gasteiger partial charge on any atom is 0.326 e. The van der Waals surface area contributed by atoms with Gasteiger partial charge in [-0.05, 0) is 43.6 Å². The number of carboxylic acids is 1. The third-order valence-electron chi connectivity index (χ3n) is 4.58. The molecule has 8 heteroatoms. The smallest absolute Gasteiger partial charge is 0.326 e. The summed E-state index contributed by atoms with van der Waals surface area (Å²) >= 11 is 1.59. The average Bonchev–Trinajstić information content (AvgIpc) is 2.80. The van der Waals surface area contributed by atoms with E-state index in [4.69, 9.17) is 4.74 Å². The van der Waals surface area contributed by atoms with Gasteiger partial charge in [0.15, 0.2) is 6.61 Å². The van der Waals surface area contributed by atoms with E-state index in [2.05, 4.69) is 5.32 Å². The molecule has 2 fully saturated rings. The molecule has 140 valence electrons. The van der Waals surface area contributed by atoms with Crippen molar-refractivity contribution >= 4 is 29.5 Å². The maximum atomic E-state index is 12.9. The largest absolute Gasteiger partial charge is 0.484 e. The molecule has 2 N–H and O–H groups in total. The number of carboxylic acid groups (broad SMARTS) is 1. The molecular weight excluding hydrogens is 356 g/mol. The zero-order chi connectivity index (χ0) is 18.5. The molecule has 2 aliphatic heterocycles. The lowest BCUT2D eigenvalue weighted by Crippen LogP contribution is -2.57. The van der Waals surface area contributed by atoms with Gasteiger partial charge < -0.3 is 20.1 Å². The van der Waals surface area contributed by atoms with Crippen LogP contribution in [0.1, 0.15) is 25.7 Å². The number of amides is 2. The number of carbonyl (C=O) groups excluding carboxylic acids is 2. The third-order valence-corrected chi connectivity index (χ3v) is 5.90. The fourth-order valence-corrected chi connectivity index (χ4v) is 4.72.